The molecule has 0 heterocycles. The van der Waals surface area contributed by atoms with Crippen molar-refractivity contribution in [1.82, 2.24) is 0 Å². The first-order chi connectivity index (χ1) is 3.15. The summed E-state index contributed by atoms with van der Waals surface area (Å²) in [6.07, 6.45) is -1.83. The molecule has 44 valence electrons. The summed E-state index contributed by atoms with van der Waals surface area (Å²) in [6, 6.07) is 0. The van der Waals surface area contributed by atoms with E-state index in [0.717, 1.165) is 0 Å². The molecule has 0 saturated carbocycles. The molecule has 0 rings (SSSR count). The second-order valence-electron chi connectivity index (χ2n) is 0.341. The van der Waals surface area contributed by atoms with Crippen LogP contribution in [-0.2, 0) is 0 Å². The van der Waals surface area contributed by atoms with Gasteiger partial charge in [0, 0.05) is 0 Å². The van der Waals surface area contributed by atoms with Crippen LogP contribution in [0.3, 0.4) is 0 Å². The van der Waals surface area contributed by atoms with E-state index < -0.39 is 6.16 Å². The molecule has 0 aliphatic heterocycles. The number of carbonyl (C=O) groups is 1. The van der Waals surface area contributed by atoms with E-state index in [1.165, 1.54) is 0 Å². The third-order valence-corrected chi connectivity index (χ3v) is 0. The first-order valence-corrected chi connectivity index (χ1v) is 3.43. The second kappa shape index (κ2) is 9.50. The first kappa shape index (κ1) is 10.2. The SMILES string of the molecule is ClSCl.O=C(O)O. The molecular formula is CH2Cl2O3S. The summed E-state index contributed by atoms with van der Waals surface area (Å²) in [7, 11) is 10.1. The minimum absolute atomic E-state index is 0.694. The van der Waals surface area contributed by atoms with Crippen molar-refractivity contribution in [2.75, 3.05) is 0 Å². The number of carboxylic acid groups (broad SMARTS) is 2. The van der Waals surface area contributed by atoms with Gasteiger partial charge >= 0.3 is 6.16 Å². The van der Waals surface area contributed by atoms with Crippen LogP contribution in [0.4, 0.5) is 4.79 Å². The molecule has 3 nitrogen and oxygen atoms in total. The van der Waals surface area contributed by atoms with E-state index in [4.69, 9.17) is 15.0 Å². The number of rotatable bonds is 0. The zero-order valence-electron chi connectivity index (χ0n) is 2.97. The molecule has 0 fully saturated rings. The van der Waals surface area contributed by atoms with Crippen LogP contribution in [-0.4, -0.2) is 16.4 Å². The molecule has 0 unspecified atom stereocenters. The molecule has 6 heteroatoms. The number of hydrogen-bond acceptors (Lipinski definition) is 2. The third kappa shape index (κ3) is 2730. The Balaban J connectivity index is 0. The van der Waals surface area contributed by atoms with Crippen molar-refractivity contribution in [3.8, 4) is 0 Å². The van der Waals surface area contributed by atoms with Crippen molar-refractivity contribution < 1.29 is 15.0 Å². The quantitative estimate of drug-likeness (QED) is 0.577. The molecule has 0 amide bonds. The maximum Gasteiger partial charge on any atom is 0.503 e. The molecule has 7 heavy (non-hydrogen) atoms. The van der Waals surface area contributed by atoms with Crippen LogP contribution in [0.1, 0.15) is 0 Å². The second-order valence-corrected chi connectivity index (χ2v) is 1.86. The van der Waals surface area contributed by atoms with E-state index in [0.29, 0.717) is 10.2 Å². The van der Waals surface area contributed by atoms with Gasteiger partial charge in [-0.1, -0.05) is 0 Å². The van der Waals surface area contributed by atoms with Crippen LogP contribution < -0.4 is 0 Å². The molecule has 0 aliphatic carbocycles. The fourth-order valence-corrected chi connectivity index (χ4v) is 0. The normalized spacial score (nSPS) is 6.00. The Morgan fingerprint density at radius 2 is 1.43 bits per heavy atom. The number of hydrogen-bond donors (Lipinski definition) is 2. The zero-order chi connectivity index (χ0) is 6.28. The maximum atomic E-state index is 8.56. The summed E-state index contributed by atoms with van der Waals surface area (Å²) in [6.45, 7) is 0. The minimum Gasteiger partial charge on any atom is -0.450 e. The van der Waals surface area contributed by atoms with Crippen LogP contribution >= 0.6 is 31.6 Å². The van der Waals surface area contributed by atoms with Crippen molar-refractivity contribution >= 4 is 37.7 Å². The number of halogens is 2. The average molecular weight is 165 g/mol. The fraction of sp³-hybridized carbons (Fsp3) is 0. The molecule has 0 saturated heterocycles. The molecule has 2 N–H and O–H groups in total. The van der Waals surface area contributed by atoms with Crippen LogP contribution in [0.15, 0.2) is 0 Å². The van der Waals surface area contributed by atoms with Crippen molar-refractivity contribution in [2.24, 2.45) is 0 Å². The summed E-state index contributed by atoms with van der Waals surface area (Å²) in [5.41, 5.74) is 0. The molecular weight excluding hydrogens is 163 g/mol. The molecule has 0 aromatic rings. The predicted molar refractivity (Wildman–Crippen MR) is 30.0 cm³/mol. The van der Waals surface area contributed by atoms with Crippen molar-refractivity contribution in [3.63, 3.8) is 0 Å². The highest BCUT2D eigenvalue weighted by atomic mass is 36.0. The Morgan fingerprint density at radius 3 is 1.43 bits per heavy atom. The van der Waals surface area contributed by atoms with Gasteiger partial charge in [0.15, 0.2) is 0 Å². The zero-order valence-corrected chi connectivity index (χ0v) is 5.30. The Morgan fingerprint density at radius 1 is 1.43 bits per heavy atom. The molecule has 0 aromatic carbocycles. The van der Waals surface area contributed by atoms with Gasteiger partial charge in [0.05, 0.1) is 10.2 Å². The Bertz CT molecular complexity index is 44.2. The molecule has 0 spiro atoms. The molecule has 0 aliphatic rings. The highest BCUT2D eigenvalue weighted by Gasteiger charge is 1.70. The van der Waals surface area contributed by atoms with Crippen molar-refractivity contribution in [3.05, 3.63) is 0 Å². The highest BCUT2D eigenvalue weighted by molar-refractivity contribution is 8.38. The molecule has 0 radical (unpaired) electrons. The molecule has 0 aromatic heterocycles. The Labute approximate surface area is 53.2 Å². The third-order valence-electron chi connectivity index (χ3n) is 0. The van der Waals surface area contributed by atoms with Gasteiger partial charge in [0.2, 0.25) is 0 Å². The Kier molecular flexibility index (Phi) is 13.9. The lowest BCUT2D eigenvalue weighted by Crippen LogP contribution is -1.81. The van der Waals surface area contributed by atoms with Gasteiger partial charge in [-0.25, -0.2) is 4.79 Å². The van der Waals surface area contributed by atoms with Gasteiger partial charge in [0.25, 0.3) is 0 Å². The maximum absolute atomic E-state index is 8.56. The average Bonchev–Trinajstić information content (AvgIpc) is 1.33. The lowest BCUT2D eigenvalue weighted by atomic mass is 11.5. The van der Waals surface area contributed by atoms with E-state index in [9.17, 15) is 0 Å². The van der Waals surface area contributed by atoms with Gasteiger partial charge in [-0.3, -0.25) is 0 Å². The lowest BCUT2D eigenvalue weighted by molar-refractivity contribution is 0.137. The van der Waals surface area contributed by atoms with Crippen molar-refractivity contribution in [2.45, 2.75) is 0 Å². The van der Waals surface area contributed by atoms with E-state index >= 15 is 0 Å². The smallest absolute Gasteiger partial charge is 0.450 e. The molecule has 0 atom stereocenters. The van der Waals surface area contributed by atoms with Crippen LogP contribution in [0.25, 0.3) is 0 Å². The fourth-order valence-electron chi connectivity index (χ4n) is 0. The Hall–Kier alpha value is 0.200. The van der Waals surface area contributed by atoms with Gasteiger partial charge < -0.3 is 10.2 Å². The summed E-state index contributed by atoms with van der Waals surface area (Å²) < 4.78 is 0. The lowest BCUT2D eigenvalue weighted by Gasteiger charge is -1.60. The summed E-state index contributed by atoms with van der Waals surface area (Å²) in [4.78, 5) is 8.56. The monoisotopic (exact) mass is 164 g/mol. The minimum atomic E-state index is -1.83. The topological polar surface area (TPSA) is 57.5 Å². The summed E-state index contributed by atoms with van der Waals surface area (Å²) >= 11 is 0. The van der Waals surface area contributed by atoms with Crippen LogP contribution in [0, 0.1) is 0 Å². The van der Waals surface area contributed by atoms with E-state index in [2.05, 4.69) is 21.4 Å². The standard InChI is InChI=1S/CH2O3.Cl2S/c2-1(3)4;1-3-2/h(H2,2,3,4);. The predicted octanol–water partition coefficient (Wildman–Crippen LogP) is 2.25. The van der Waals surface area contributed by atoms with E-state index in [-0.39, 0.29) is 0 Å². The summed E-state index contributed by atoms with van der Waals surface area (Å²) in [5, 5.41) is 13.9. The van der Waals surface area contributed by atoms with E-state index in [1.54, 1.807) is 0 Å². The largest absolute Gasteiger partial charge is 0.503 e. The van der Waals surface area contributed by atoms with Crippen molar-refractivity contribution in [1.29, 1.82) is 0 Å². The highest BCUT2D eigenvalue weighted by Crippen LogP contribution is 2.08. The van der Waals surface area contributed by atoms with Gasteiger partial charge in [-0.2, -0.15) is 0 Å². The van der Waals surface area contributed by atoms with Gasteiger partial charge in [-0.15, -0.1) is 0 Å². The summed E-state index contributed by atoms with van der Waals surface area (Å²) in [5.74, 6) is 0. The van der Waals surface area contributed by atoms with Gasteiger partial charge in [0.1, 0.15) is 0 Å². The first-order valence-electron chi connectivity index (χ1n) is 0.960. The van der Waals surface area contributed by atoms with Gasteiger partial charge in [-0.05, 0) is 21.4 Å². The van der Waals surface area contributed by atoms with Crippen LogP contribution in [0.5, 0.6) is 0 Å². The van der Waals surface area contributed by atoms with E-state index in [1.807, 2.05) is 0 Å². The molecule has 0 bridgehead atoms. The van der Waals surface area contributed by atoms with Crippen LogP contribution in [0.2, 0.25) is 0 Å².